The fourth-order valence-electron chi connectivity index (χ4n) is 3.20. The van der Waals surface area contributed by atoms with Crippen molar-refractivity contribution in [2.45, 2.75) is 31.1 Å². The van der Waals surface area contributed by atoms with Gasteiger partial charge in [0.1, 0.15) is 17.3 Å². The predicted molar refractivity (Wildman–Crippen MR) is 111 cm³/mol. The third-order valence-corrected chi connectivity index (χ3v) is 4.87. The number of aliphatic hydroxyl groups is 1. The standard InChI is InChI=1S/C23H17F9N2O3/c24-17-5-4-13(22(27,28)29)9-16(17)20(34-11-18(35)23(30,31)32)12-2-1-3-14(8-12)36-15-6-7-33-19(10-15)37-21(25)26/h1-10,18,20-21,34-35H,11H2/t18-,20?/m1/s1. The number of nitrogens with one attached hydrogen (secondary N) is 1. The van der Waals surface area contributed by atoms with Gasteiger partial charge in [0.05, 0.1) is 11.6 Å². The number of halogens is 9. The lowest BCUT2D eigenvalue weighted by Gasteiger charge is -2.24. The second kappa shape index (κ2) is 11.3. The monoisotopic (exact) mass is 540 g/mol. The lowest BCUT2D eigenvalue weighted by Crippen LogP contribution is -2.40. The van der Waals surface area contributed by atoms with E-state index in [1.807, 2.05) is 0 Å². The van der Waals surface area contributed by atoms with E-state index >= 15 is 0 Å². The van der Waals surface area contributed by atoms with Gasteiger partial charge in [0, 0.05) is 24.4 Å². The first-order valence-electron chi connectivity index (χ1n) is 10.3. The van der Waals surface area contributed by atoms with Gasteiger partial charge in [0.15, 0.2) is 6.10 Å². The first-order chi connectivity index (χ1) is 17.2. The summed E-state index contributed by atoms with van der Waals surface area (Å²) < 4.78 is 127. The van der Waals surface area contributed by atoms with Crippen LogP contribution in [0.3, 0.4) is 0 Å². The number of benzene rings is 2. The summed E-state index contributed by atoms with van der Waals surface area (Å²) in [5, 5.41) is 11.6. The quantitative estimate of drug-likeness (QED) is 0.315. The highest BCUT2D eigenvalue weighted by atomic mass is 19.4. The lowest BCUT2D eigenvalue weighted by molar-refractivity contribution is -0.202. The van der Waals surface area contributed by atoms with E-state index in [0.717, 1.165) is 12.3 Å². The highest BCUT2D eigenvalue weighted by Crippen LogP contribution is 2.35. The molecule has 1 heterocycles. The summed E-state index contributed by atoms with van der Waals surface area (Å²) in [5.74, 6) is -1.69. The molecule has 0 amide bonds. The third-order valence-electron chi connectivity index (χ3n) is 4.87. The molecule has 14 heteroatoms. The number of aliphatic hydroxyl groups excluding tert-OH is 1. The fraction of sp³-hybridized carbons (Fsp3) is 0.261. The second-order valence-electron chi connectivity index (χ2n) is 7.52. The van der Waals surface area contributed by atoms with Gasteiger partial charge in [-0.05, 0) is 42.0 Å². The normalized spacial score (nSPS) is 13.9. The molecule has 0 bridgehead atoms. The van der Waals surface area contributed by atoms with E-state index in [1.54, 1.807) is 0 Å². The zero-order chi connectivity index (χ0) is 27.4. The van der Waals surface area contributed by atoms with Gasteiger partial charge in [0.2, 0.25) is 5.88 Å². The smallest absolute Gasteiger partial charge is 0.416 e. The minimum atomic E-state index is -5.05. The molecule has 0 saturated carbocycles. The van der Waals surface area contributed by atoms with Gasteiger partial charge in [-0.1, -0.05) is 12.1 Å². The summed E-state index contributed by atoms with van der Waals surface area (Å²) in [5.41, 5.74) is -1.91. The highest BCUT2D eigenvalue weighted by molar-refractivity contribution is 5.41. The largest absolute Gasteiger partial charge is 0.457 e. The number of nitrogens with zero attached hydrogens (tertiary/aromatic N) is 1. The maximum atomic E-state index is 14.6. The number of alkyl halides is 8. The van der Waals surface area contributed by atoms with E-state index in [1.165, 1.54) is 30.3 Å². The van der Waals surface area contributed by atoms with Gasteiger partial charge >= 0.3 is 19.0 Å². The highest BCUT2D eigenvalue weighted by Gasteiger charge is 2.39. The molecule has 0 radical (unpaired) electrons. The zero-order valence-electron chi connectivity index (χ0n) is 18.3. The topological polar surface area (TPSA) is 63.6 Å². The van der Waals surface area contributed by atoms with Crippen LogP contribution in [0.2, 0.25) is 0 Å². The Kier molecular flexibility index (Phi) is 8.53. The molecular weight excluding hydrogens is 523 g/mol. The summed E-state index contributed by atoms with van der Waals surface area (Å²) in [6.07, 6.45) is -11.7. The molecule has 5 nitrogen and oxygen atoms in total. The van der Waals surface area contributed by atoms with E-state index < -0.39 is 60.5 Å². The van der Waals surface area contributed by atoms with Crippen LogP contribution >= 0.6 is 0 Å². The Hall–Kier alpha value is -3.52. The van der Waals surface area contributed by atoms with Crippen LogP contribution < -0.4 is 14.8 Å². The van der Waals surface area contributed by atoms with Crippen molar-refractivity contribution in [2.75, 3.05) is 6.54 Å². The third kappa shape index (κ3) is 7.73. The minimum absolute atomic E-state index is 0.0248. The molecule has 0 fully saturated rings. The van der Waals surface area contributed by atoms with Crippen LogP contribution in [0.5, 0.6) is 17.4 Å². The Bertz CT molecular complexity index is 1200. The van der Waals surface area contributed by atoms with Crippen LogP contribution in [0, 0.1) is 5.82 Å². The Balaban J connectivity index is 1.98. The molecule has 1 unspecified atom stereocenters. The molecule has 37 heavy (non-hydrogen) atoms. The van der Waals surface area contributed by atoms with E-state index in [2.05, 4.69) is 15.0 Å². The minimum Gasteiger partial charge on any atom is -0.457 e. The maximum Gasteiger partial charge on any atom is 0.416 e. The number of pyridine rings is 1. The van der Waals surface area contributed by atoms with E-state index in [4.69, 9.17) is 4.74 Å². The van der Waals surface area contributed by atoms with Crippen LogP contribution in [0.25, 0.3) is 0 Å². The first-order valence-corrected chi connectivity index (χ1v) is 10.3. The van der Waals surface area contributed by atoms with Gasteiger partial charge in [-0.3, -0.25) is 0 Å². The number of hydrogen-bond donors (Lipinski definition) is 2. The van der Waals surface area contributed by atoms with Crippen molar-refractivity contribution >= 4 is 0 Å². The van der Waals surface area contributed by atoms with Gasteiger partial charge in [-0.25, -0.2) is 9.37 Å². The molecule has 0 saturated heterocycles. The number of ether oxygens (including phenoxy) is 2. The van der Waals surface area contributed by atoms with Crippen LogP contribution in [-0.4, -0.2) is 35.5 Å². The summed E-state index contributed by atoms with van der Waals surface area (Å²) in [6.45, 7) is -4.33. The van der Waals surface area contributed by atoms with Crippen molar-refractivity contribution in [2.24, 2.45) is 0 Å². The Morgan fingerprint density at radius 1 is 0.919 bits per heavy atom. The molecular formula is C23H17F9N2O3. The Labute approximate surface area is 203 Å². The molecule has 2 N–H and O–H groups in total. The van der Waals surface area contributed by atoms with Crippen LogP contribution in [-0.2, 0) is 6.18 Å². The van der Waals surface area contributed by atoms with Crippen molar-refractivity contribution in [3.63, 3.8) is 0 Å². The van der Waals surface area contributed by atoms with E-state index in [0.29, 0.717) is 18.2 Å². The molecule has 0 spiro atoms. The number of rotatable bonds is 9. The van der Waals surface area contributed by atoms with E-state index in [-0.39, 0.29) is 17.1 Å². The summed E-state index contributed by atoms with van der Waals surface area (Å²) >= 11 is 0. The number of aromatic nitrogens is 1. The molecule has 3 rings (SSSR count). The van der Waals surface area contributed by atoms with Crippen LogP contribution in [0.4, 0.5) is 39.5 Å². The molecule has 0 aliphatic heterocycles. The molecule has 2 atom stereocenters. The van der Waals surface area contributed by atoms with Crippen molar-refractivity contribution in [3.05, 3.63) is 83.3 Å². The van der Waals surface area contributed by atoms with Crippen molar-refractivity contribution in [1.82, 2.24) is 10.3 Å². The molecule has 3 aromatic rings. The van der Waals surface area contributed by atoms with Crippen LogP contribution in [0.15, 0.2) is 60.8 Å². The Morgan fingerprint density at radius 3 is 2.27 bits per heavy atom. The SMILES string of the molecule is O[C@H](CNC(c1cccc(Oc2ccnc(OC(F)F)c2)c1)c1cc(C(F)(F)F)ccc1F)C(F)(F)F. The zero-order valence-corrected chi connectivity index (χ0v) is 18.3. The predicted octanol–water partition coefficient (Wildman–Crippen LogP) is 6.24. The van der Waals surface area contributed by atoms with Crippen LogP contribution in [0.1, 0.15) is 22.7 Å². The molecule has 1 aromatic heterocycles. The summed E-state index contributed by atoms with van der Waals surface area (Å²) in [7, 11) is 0. The summed E-state index contributed by atoms with van der Waals surface area (Å²) in [6, 6.07) is 7.28. The Morgan fingerprint density at radius 2 is 1.62 bits per heavy atom. The lowest BCUT2D eigenvalue weighted by atomic mass is 9.95. The summed E-state index contributed by atoms with van der Waals surface area (Å²) in [4.78, 5) is 3.56. The average molecular weight is 540 g/mol. The van der Waals surface area contributed by atoms with Crippen molar-refractivity contribution in [3.8, 4) is 17.4 Å². The van der Waals surface area contributed by atoms with Crippen molar-refractivity contribution in [1.29, 1.82) is 0 Å². The second-order valence-corrected chi connectivity index (χ2v) is 7.52. The van der Waals surface area contributed by atoms with Gasteiger partial charge in [-0.15, -0.1) is 0 Å². The van der Waals surface area contributed by atoms with Gasteiger partial charge in [0.25, 0.3) is 0 Å². The van der Waals surface area contributed by atoms with Crippen molar-refractivity contribution < 1.29 is 54.1 Å². The number of hydrogen-bond acceptors (Lipinski definition) is 5. The fourth-order valence-corrected chi connectivity index (χ4v) is 3.20. The van der Waals surface area contributed by atoms with Gasteiger partial charge in [-0.2, -0.15) is 35.1 Å². The maximum absolute atomic E-state index is 14.6. The molecule has 0 aliphatic carbocycles. The molecule has 2 aromatic carbocycles. The van der Waals surface area contributed by atoms with E-state index in [9.17, 15) is 44.6 Å². The molecule has 200 valence electrons. The first kappa shape index (κ1) is 28.1. The van der Waals surface area contributed by atoms with Gasteiger partial charge < -0.3 is 19.9 Å². The molecule has 0 aliphatic rings. The average Bonchev–Trinajstić information content (AvgIpc) is 2.79.